The number of nitrogens with two attached hydrogens (primary N) is 2. The first-order valence-electron chi connectivity index (χ1n) is 2.53. The SMILES string of the molecule is CCC[C@H](N)NN. The second-order valence-electron chi connectivity index (χ2n) is 1.56. The van der Waals surface area contributed by atoms with E-state index in [9.17, 15) is 0 Å². The average Bonchev–Trinajstić information content (AvgIpc) is 1.68. The highest BCUT2D eigenvalue weighted by molar-refractivity contribution is 4.49. The largest absolute Gasteiger partial charge is 0.315 e. The lowest BCUT2D eigenvalue weighted by atomic mass is 10.3. The van der Waals surface area contributed by atoms with Crippen molar-refractivity contribution < 1.29 is 0 Å². The molecule has 0 amide bonds. The zero-order valence-electron chi connectivity index (χ0n) is 4.65. The van der Waals surface area contributed by atoms with Gasteiger partial charge in [-0.1, -0.05) is 13.3 Å². The standard InChI is InChI=1S/C4H13N3/c1-2-3-4(5)7-6/h4,7H,2-3,5-6H2,1H3/t4-/m1/s1. The molecule has 0 aromatic carbocycles. The fourth-order valence-electron chi connectivity index (χ4n) is 0.394. The summed E-state index contributed by atoms with van der Waals surface area (Å²) < 4.78 is 0. The topological polar surface area (TPSA) is 64.1 Å². The summed E-state index contributed by atoms with van der Waals surface area (Å²) >= 11 is 0. The van der Waals surface area contributed by atoms with Gasteiger partial charge < -0.3 is 5.73 Å². The van der Waals surface area contributed by atoms with Crippen LogP contribution in [0.4, 0.5) is 0 Å². The van der Waals surface area contributed by atoms with E-state index in [1.54, 1.807) is 0 Å². The molecule has 7 heavy (non-hydrogen) atoms. The van der Waals surface area contributed by atoms with Gasteiger partial charge in [-0.05, 0) is 6.42 Å². The van der Waals surface area contributed by atoms with Crippen LogP contribution in [0.3, 0.4) is 0 Å². The smallest absolute Gasteiger partial charge is 0.0676 e. The van der Waals surface area contributed by atoms with Crippen LogP contribution in [0, 0.1) is 0 Å². The fourth-order valence-corrected chi connectivity index (χ4v) is 0.394. The highest BCUT2D eigenvalue weighted by Gasteiger charge is 1.91. The highest BCUT2D eigenvalue weighted by atomic mass is 15.3. The number of rotatable bonds is 3. The van der Waals surface area contributed by atoms with Gasteiger partial charge in [0.05, 0.1) is 6.17 Å². The van der Waals surface area contributed by atoms with Crippen molar-refractivity contribution in [3.8, 4) is 0 Å². The van der Waals surface area contributed by atoms with Crippen molar-refractivity contribution in [2.45, 2.75) is 25.9 Å². The van der Waals surface area contributed by atoms with E-state index >= 15 is 0 Å². The molecule has 0 aromatic rings. The molecule has 0 rings (SSSR count). The lowest BCUT2D eigenvalue weighted by molar-refractivity contribution is 0.505. The van der Waals surface area contributed by atoms with Crippen molar-refractivity contribution >= 4 is 0 Å². The summed E-state index contributed by atoms with van der Waals surface area (Å²) in [5.41, 5.74) is 7.79. The van der Waals surface area contributed by atoms with E-state index in [1.807, 2.05) is 0 Å². The summed E-state index contributed by atoms with van der Waals surface area (Å²) in [5, 5.41) is 0. The molecule has 44 valence electrons. The normalized spacial score (nSPS) is 14.1. The Morgan fingerprint density at radius 2 is 2.29 bits per heavy atom. The summed E-state index contributed by atoms with van der Waals surface area (Å²) in [5.74, 6) is 4.98. The third kappa shape index (κ3) is 3.72. The van der Waals surface area contributed by atoms with Crippen LogP contribution in [0.25, 0.3) is 0 Å². The van der Waals surface area contributed by atoms with E-state index in [-0.39, 0.29) is 6.17 Å². The minimum atomic E-state index is -0.0231. The van der Waals surface area contributed by atoms with Crippen molar-refractivity contribution in [3.63, 3.8) is 0 Å². The first kappa shape index (κ1) is 6.88. The van der Waals surface area contributed by atoms with E-state index in [1.165, 1.54) is 0 Å². The van der Waals surface area contributed by atoms with E-state index in [4.69, 9.17) is 11.6 Å². The molecule has 3 heteroatoms. The maximum atomic E-state index is 5.35. The second-order valence-corrected chi connectivity index (χ2v) is 1.56. The first-order chi connectivity index (χ1) is 3.31. The van der Waals surface area contributed by atoms with E-state index in [0.29, 0.717) is 0 Å². The van der Waals surface area contributed by atoms with Gasteiger partial charge in [-0.25, -0.2) is 5.43 Å². The molecule has 0 saturated heterocycles. The van der Waals surface area contributed by atoms with Crippen LogP contribution in [0.2, 0.25) is 0 Å². The van der Waals surface area contributed by atoms with Crippen molar-refractivity contribution in [2.24, 2.45) is 11.6 Å². The van der Waals surface area contributed by atoms with E-state index in [2.05, 4.69) is 12.3 Å². The van der Waals surface area contributed by atoms with Gasteiger partial charge in [0.15, 0.2) is 0 Å². The summed E-state index contributed by atoms with van der Waals surface area (Å²) in [7, 11) is 0. The summed E-state index contributed by atoms with van der Waals surface area (Å²) in [4.78, 5) is 0. The highest BCUT2D eigenvalue weighted by Crippen LogP contribution is 1.85. The van der Waals surface area contributed by atoms with Crippen molar-refractivity contribution in [1.82, 2.24) is 5.43 Å². The molecule has 0 unspecified atom stereocenters. The predicted octanol–water partition coefficient (Wildman–Crippen LogP) is -0.465. The number of hydrogen-bond acceptors (Lipinski definition) is 3. The van der Waals surface area contributed by atoms with Crippen molar-refractivity contribution in [1.29, 1.82) is 0 Å². The van der Waals surface area contributed by atoms with Crippen LogP contribution in [-0.2, 0) is 0 Å². The molecular weight excluding hydrogens is 90.1 g/mol. The van der Waals surface area contributed by atoms with Crippen LogP contribution in [0.1, 0.15) is 19.8 Å². The number of nitrogens with one attached hydrogen (secondary N) is 1. The summed E-state index contributed by atoms with van der Waals surface area (Å²) in [6.45, 7) is 2.07. The minimum Gasteiger partial charge on any atom is -0.315 e. The maximum Gasteiger partial charge on any atom is 0.0676 e. The molecule has 0 radical (unpaired) electrons. The zero-order chi connectivity index (χ0) is 5.70. The van der Waals surface area contributed by atoms with Crippen LogP contribution in [0.15, 0.2) is 0 Å². The van der Waals surface area contributed by atoms with E-state index < -0.39 is 0 Å². The van der Waals surface area contributed by atoms with Gasteiger partial charge in [0.25, 0.3) is 0 Å². The van der Waals surface area contributed by atoms with Gasteiger partial charge in [0, 0.05) is 0 Å². The molecule has 0 aliphatic rings. The van der Waals surface area contributed by atoms with Gasteiger partial charge in [0.2, 0.25) is 0 Å². The average molecular weight is 103 g/mol. The monoisotopic (exact) mass is 103 g/mol. The second kappa shape index (κ2) is 4.05. The number of hydrogen-bond donors (Lipinski definition) is 3. The van der Waals surface area contributed by atoms with Crippen LogP contribution >= 0.6 is 0 Å². The van der Waals surface area contributed by atoms with Gasteiger partial charge >= 0.3 is 0 Å². The lowest BCUT2D eigenvalue weighted by Gasteiger charge is -2.05. The van der Waals surface area contributed by atoms with Crippen molar-refractivity contribution in [3.05, 3.63) is 0 Å². The summed E-state index contributed by atoms with van der Waals surface area (Å²) in [6, 6.07) is 0. The minimum absolute atomic E-state index is 0.0231. The molecule has 0 aromatic heterocycles. The molecule has 0 aliphatic heterocycles. The zero-order valence-corrected chi connectivity index (χ0v) is 4.65. The Labute approximate surface area is 44.0 Å². The Kier molecular flexibility index (Phi) is 3.98. The molecule has 0 fully saturated rings. The van der Waals surface area contributed by atoms with Crippen LogP contribution < -0.4 is 17.0 Å². The first-order valence-corrected chi connectivity index (χ1v) is 2.53. The Hall–Kier alpha value is -0.120. The van der Waals surface area contributed by atoms with Gasteiger partial charge in [-0.3, -0.25) is 5.84 Å². The van der Waals surface area contributed by atoms with Crippen LogP contribution in [-0.4, -0.2) is 6.17 Å². The van der Waals surface area contributed by atoms with Crippen molar-refractivity contribution in [2.75, 3.05) is 0 Å². The molecule has 5 N–H and O–H groups in total. The number of hydrazine groups is 1. The fraction of sp³-hybridized carbons (Fsp3) is 1.00. The molecule has 1 atom stereocenters. The Morgan fingerprint density at radius 1 is 1.71 bits per heavy atom. The molecular formula is C4H13N3. The molecule has 0 heterocycles. The van der Waals surface area contributed by atoms with Gasteiger partial charge in [0.1, 0.15) is 0 Å². The molecule has 3 nitrogen and oxygen atoms in total. The third-order valence-electron chi connectivity index (χ3n) is 0.814. The Balaban J connectivity index is 2.83. The Morgan fingerprint density at radius 3 is 2.43 bits per heavy atom. The van der Waals surface area contributed by atoms with E-state index in [0.717, 1.165) is 12.8 Å². The van der Waals surface area contributed by atoms with Gasteiger partial charge in [-0.15, -0.1) is 0 Å². The lowest BCUT2D eigenvalue weighted by Crippen LogP contribution is -2.41. The summed E-state index contributed by atoms with van der Waals surface area (Å²) in [6.07, 6.45) is 1.99. The predicted molar refractivity (Wildman–Crippen MR) is 30.2 cm³/mol. The third-order valence-corrected chi connectivity index (χ3v) is 0.814. The van der Waals surface area contributed by atoms with Gasteiger partial charge in [-0.2, -0.15) is 0 Å². The molecule has 0 saturated carbocycles. The maximum absolute atomic E-state index is 5.35. The molecule has 0 aliphatic carbocycles. The Bertz CT molecular complexity index is 37.9. The molecule has 0 spiro atoms. The molecule has 0 bridgehead atoms. The van der Waals surface area contributed by atoms with Crippen LogP contribution in [0.5, 0.6) is 0 Å². The quantitative estimate of drug-likeness (QED) is 0.257.